The zero-order valence-electron chi connectivity index (χ0n) is 16.0. The lowest BCUT2D eigenvalue weighted by Gasteiger charge is -2.23. The van der Waals surface area contributed by atoms with Crippen LogP contribution in [-0.4, -0.2) is 38.0 Å². The lowest BCUT2D eigenvalue weighted by atomic mass is 10.0. The Hall–Kier alpha value is -2.77. The Labute approximate surface area is 157 Å². The van der Waals surface area contributed by atoms with E-state index >= 15 is 0 Å². The molecule has 0 aliphatic heterocycles. The van der Waals surface area contributed by atoms with Gasteiger partial charge in [0.2, 0.25) is 5.91 Å². The minimum atomic E-state index is -1.10. The van der Waals surface area contributed by atoms with Gasteiger partial charge < -0.3 is 10.4 Å². The standard InChI is InChI=1S/C19H26N4O4/c1-11(2)9-15(19(26)27)20-17(24)16(10-12(3)4)23-18(25)13-7-5-6-8-14(13)21-22-23/h5-8,11-12,15-16H,9-10H2,1-4H3,(H,20,24)(H,26,27)/t15-,16-/m0/s1. The molecule has 0 unspecified atom stereocenters. The largest absolute Gasteiger partial charge is 0.480 e. The summed E-state index contributed by atoms with van der Waals surface area (Å²) >= 11 is 0. The van der Waals surface area contributed by atoms with Crippen molar-refractivity contribution in [3.05, 3.63) is 34.6 Å². The van der Waals surface area contributed by atoms with Crippen LogP contribution in [0.25, 0.3) is 10.9 Å². The van der Waals surface area contributed by atoms with E-state index in [1.54, 1.807) is 24.3 Å². The highest BCUT2D eigenvalue weighted by atomic mass is 16.4. The number of carbonyl (C=O) groups is 2. The van der Waals surface area contributed by atoms with Crippen LogP contribution in [0.1, 0.15) is 46.6 Å². The van der Waals surface area contributed by atoms with Gasteiger partial charge in [0.25, 0.3) is 5.56 Å². The number of fused-ring (bicyclic) bond motifs is 1. The first-order valence-corrected chi connectivity index (χ1v) is 9.08. The van der Waals surface area contributed by atoms with E-state index in [2.05, 4.69) is 15.6 Å². The highest BCUT2D eigenvalue weighted by molar-refractivity contribution is 5.86. The van der Waals surface area contributed by atoms with Gasteiger partial charge in [-0.3, -0.25) is 9.59 Å². The van der Waals surface area contributed by atoms with E-state index in [0.717, 1.165) is 4.68 Å². The molecule has 0 aliphatic rings. The minimum Gasteiger partial charge on any atom is -0.480 e. The van der Waals surface area contributed by atoms with E-state index in [1.807, 2.05) is 27.7 Å². The molecule has 0 saturated carbocycles. The molecule has 0 spiro atoms. The van der Waals surface area contributed by atoms with Crippen LogP contribution in [0.3, 0.4) is 0 Å². The number of carbonyl (C=O) groups excluding carboxylic acids is 1. The minimum absolute atomic E-state index is 0.0919. The van der Waals surface area contributed by atoms with Crippen LogP contribution in [0.15, 0.2) is 29.1 Å². The van der Waals surface area contributed by atoms with E-state index in [1.165, 1.54) is 0 Å². The second-order valence-electron chi connectivity index (χ2n) is 7.53. The molecule has 2 N–H and O–H groups in total. The Morgan fingerprint density at radius 1 is 1.11 bits per heavy atom. The summed E-state index contributed by atoms with van der Waals surface area (Å²) in [5.74, 6) is -1.45. The van der Waals surface area contributed by atoms with Gasteiger partial charge in [0.05, 0.1) is 5.39 Å². The number of nitrogens with one attached hydrogen (secondary N) is 1. The molecule has 1 amide bonds. The Morgan fingerprint density at radius 3 is 2.33 bits per heavy atom. The summed E-state index contributed by atoms with van der Waals surface area (Å²) in [5, 5.41) is 20.3. The van der Waals surface area contributed by atoms with Gasteiger partial charge in [-0.15, -0.1) is 5.10 Å². The molecule has 8 heteroatoms. The van der Waals surface area contributed by atoms with Crippen molar-refractivity contribution in [2.45, 2.75) is 52.6 Å². The van der Waals surface area contributed by atoms with Crippen molar-refractivity contribution in [2.75, 3.05) is 0 Å². The Balaban J connectivity index is 2.40. The third kappa shape index (κ3) is 5.12. The number of rotatable bonds is 8. The van der Waals surface area contributed by atoms with Gasteiger partial charge in [-0.1, -0.05) is 45.0 Å². The molecular formula is C19H26N4O4. The topological polar surface area (TPSA) is 114 Å². The number of nitrogens with zero attached hydrogens (tertiary/aromatic N) is 3. The summed E-state index contributed by atoms with van der Waals surface area (Å²) in [5.41, 5.74) is 0.0304. The third-order valence-corrected chi connectivity index (χ3v) is 4.21. The van der Waals surface area contributed by atoms with Crippen molar-refractivity contribution >= 4 is 22.8 Å². The molecule has 2 atom stereocenters. The number of amides is 1. The molecule has 2 rings (SSSR count). The van der Waals surface area contributed by atoms with Crippen molar-refractivity contribution in [3.63, 3.8) is 0 Å². The van der Waals surface area contributed by atoms with Crippen LogP contribution >= 0.6 is 0 Å². The lowest BCUT2D eigenvalue weighted by Crippen LogP contribution is -2.47. The predicted octanol–water partition coefficient (Wildman–Crippen LogP) is 1.99. The maximum atomic E-state index is 12.9. The van der Waals surface area contributed by atoms with Gasteiger partial charge in [0.1, 0.15) is 17.6 Å². The van der Waals surface area contributed by atoms with Crippen LogP contribution < -0.4 is 10.9 Å². The summed E-state index contributed by atoms with van der Waals surface area (Å²) in [6.45, 7) is 7.60. The molecule has 1 aromatic heterocycles. The average molecular weight is 374 g/mol. The van der Waals surface area contributed by atoms with E-state index in [-0.39, 0.29) is 11.8 Å². The first-order valence-electron chi connectivity index (χ1n) is 9.08. The molecule has 0 radical (unpaired) electrons. The molecule has 1 aromatic carbocycles. The summed E-state index contributed by atoms with van der Waals surface area (Å²) < 4.78 is 1.06. The van der Waals surface area contributed by atoms with Gasteiger partial charge in [0.15, 0.2) is 0 Å². The second kappa shape index (κ2) is 8.75. The van der Waals surface area contributed by atoms with E-state index in [0.29, 0.717) is 23.7 Å². The molecule has 0 bridgehead atoms. The Morgan fingerprint density at radius 2 is 1.74 bits per heavy atom. The maximum Gasteiger partial charge on any atom is 0.326 e. The SMILES string of the molecule is CC(C)C[C@H](NC(=O)[C@H](CC(C)C)n1nnc2ccccc2c1=O)C(=O)O. The van der Waals surface area contributed by atoms with Crippen LogP contribution in [0.2, 0.25) is 0 Å². The molecule has 0 fully saturated rings. The zero-order valence-corrected chi connectivity index (χ0v) is 16.0. The summed E-state index contributed by atoms with van der Waals surface area (Å²) in [4.78, 5) is 37.2. The fourth-order valence-corrected chi connectivity index (χ4v) is 2.93. The van der Waals surface area contributed by atoms with Gasteiger partial charge in [0, 0.05) is 0 Å². The van der Waals surface area contributed by atoms with E-state index in [4.69, 9.17) is 0 Å². The quantitative estimate of drug-likeness (QED) is 0.730. The average Bonchev–Trinajstić information content (AvgIpc) is 2.59. The number of hydrogen-bond donors (Lipinski definition) is 2. The van der Waals surface area contributed by atoms with Crippen molar-refractivity contribution in [1.82, 2.24) is 20.3 Å². The molecule has 2 aromatic rings. The van der Waals surface area contributed by atoms with Crippen molar-refractivity contribution in [3.8, 4) is 0 Å². The fraction of sp³-hybridized carbons (Fsp3) is 0.526. The first-order chi connectivity index (χ1) is 12.7. The van der Waals surface area contributed by atoms with Crippen LogP contribution in [0.4, 0.5) is 0 Å². The van der Waals surface area contributed by atoms with Gasteiger partial charge in [-0.2, -0.15) is 4.68 Å². The van der Waals surface area contributed by atoms with E-state index in [9.17, 15) is 19.5 Å². The second-order valence-corrected chi connectivity index (χ2v) is 7.53. The van der Waals surface area contributed by atoms with Gasteiger partial charge in [-0.05, 0) is 36.8 Å². The molecule has 0 saturated heterocycles. The zero-order chi connectivity index (χ0) is 20.1. The number of hydrogen-bond acceptors (Lipinski definition) is 5. The number of aliphatic carboxylic acids is 1. The smallest absolute Gasteiger partial charge is 0.326 e. The molecule has 8 nitrogen and oxygen atoms in total. The molecule has 1 heterocycles. The molecule has 27 heavy (non-hydrogen) atoms. The normalized spacial score (nSPS) is 13.7. The summed E-state index contributed by atoms with van der Waals surface area (Å²) in [7, 11) is 0. The van der Waals surface area contributed by atoms with Crippen molar-refractivity contribution < 1.29 is 14.7 Å². The van der Waals surface area contributed by atoms with Crippen LogP contribution in [0, 0.1) is 11.8 Å². The Kier molecular flexibility index (Phi) is 6.65. The van der Waals surface area contributed by atoms with Gasteiger partial charge in [-0.25, -0.2) is 4.79 Å². The molecule has 146 valence electrons. The summed E-state index contributed by atoms with van der Waals surface area (Å²) in [6.07, 6.45) is 0.639. The molecular weight excluding hydrogens is 348 g/mol. The lowest BCUT2D eigenvalue weighted by molar-refractivity contribution is -0.143. The van der Waals surface area contributed by atoms with Crippen molar-refractivity contribution in [1.29, 1.82) is 0 Å². The maximum absolute atomic E-state index is 12.9. The Bertz CT molecular complexity index is 875. The highest BCUT2D eigenvalue weighted by Gasteiger charge is 2.29. The van der Waals surface area contributed by atoms with E-state index < -0.39 is 29.5 Å². The number of benzene rings is 1. The number of carboxylic acids is 1. The molecule has 0 aliphatic carbocycles. The van der Waals surface area contributed by atoms with Gasteiger partial charge >= 0.3 is 5.97 Å². The summed E-state index contributed by atoms with van der Waals surface area (Å²) in [6, 6.07) is 4.83. The highest BCUT2D eigenvalue weighted by Crippen LogP contribution is 2.17. The third-order valence-electron chi connectivity index (χ3n) is 4.21. The van der Waals surface area contributed by atoms with Crippen molar-refractivity contribution in [2.24, 2.45) is 11.8 Å². The fourth-order valence-electron chi connectivity index (χ4n) is 2.93. The number of carboxylic acid groups (broad SMARTS) is 1. The van der Waals surface area contributed by atoms with Crippen LogP contribution in [0.5, 0.6) is 0 Å². The van der Waals surface area contributed by atoms with Crippen LogP contribution in [-0.2, 0) is 9.59 Å². The predicted molar refractivity (Wildman–Crippen MR) is 101 cm³/mol. The number of aromatic nitrogens is 3. The first kappa shape index (κ1) is 20.5. The monoisotopic (exact) mass is 374 g/mol.